The van der Waals surface area contributed by atoms with E-state index in [0.29, 0.717) is 0 Å². The van der Waals surface area contributed by atoms with E-state index in [1.54, 1.807) is 12.1 Å². The highest BCUT2D eigenvalue weighted by Crippen LogP contribution is 2.11. The standard InChI is InChI=1S/C8H9NO2.C2H6/c1-2-7-3-5-8(6-4-7)9(10)11;1-2/h3-6H,2H2,1H3;1-2H3. The Morgan fingerprint density at radius 1 is 1.23 bits per heavy atom. The average Bonchev–Trinajstić information content (AvgIpc) is 2.21. The molecule has 3 nitrogen and oxygen atoms in total. The lowest BCUT2D eigenvalue weighted by Gasteiger charge is -1.93. The van der Waals surface area contributed by atoms with E-state index in [2.05, 4.69) is 0 Å². The number of benzene rings is 1. The number of nitrogens with zero attached hydrogens (tertiary/aromatic N) is 1. The highest BCUT2D eigenvalue weighted by Gasteiger charge is 2.01. The molecule has 0 fully saturated rings. The molecule has 0 amide bonds. The van der Waals surface area contributed by atoms with Gasteiger partial charge in [-0.2, -0.15) is 0 Å². The van der Waals surface area contributed by atoms with Crippen molar-refractivity contribution in [2.75, 3.05) is 0 Å². The molecule has 0 aliphatic carbocycles. The minimum Gasteiger partial charge on any atom is -0.258 e. The lowest BCUT2D eigenvalue weighted by Crippen LogP contribution is -1.87. The van der Waals surface area contributed by atoms with Crippen LogP contribution < -0.4 is 0 Å². The van der Waals surface area contributed by atoms with E-state index in [0.717, 1.165) is 12.0 Å². The molecule has 1 rings (SSSR count). The first-order chi connectivity index (χ1) is 6.24. The monoisotopic (exact) mass is 181 g/mol. The van der Waals surface area contributed by atoms with Crippen molar-refractivity contribution in [2.45, 2.75) is 27.2 Å². The third kappa shape index (κ3) is 3.69. The number of aryl methyl sites for hydroxylation is 1. The Labute approximate surface area is 78.5 Å². The molecule has 0 N–H and O–H groups in total. The lowest BCUT2D eigenvalue weighted by molar-refractivity contribution is -0.384. The number of non-ortho nitro benzene ring substituents is 1. The number of rotatable bonds is 2. The van der Waals surface area contributed by atoms with E-state index in [4.69, 9.17) is 0 Å². The van der Waals surface area contributed by atoms with E-state index < -0.39 is 0 Å². The summed E-state index contributed by atoms with van der Waals surface area (Å²) in [6.07, 6.45) is 0.915. The number of nitro groups is 1. The third-order valence-corrected chi connectivity index (χ3v) is 1.56. The predicted molar refractivity (Wildman–Crippen MR) is 53.8 cm³/mol. The van der Waals surface area contributed by atoms with Crippen LogP contribution >= 0.6 is 0 Å². The fourth-order valence-electron chi connectivity index (χ4n) is 0.853. The van der Waals surface area contributed by atoms with E-state index in [-0.39, 0.29) is 10.6 Å². The highest BCUT2D eigenvalue weighted by molar-refractivity contribution is 5.32. The normalized spacial score (nSPS) is 8.54. The number of nitro benzene ring substituents is 1. The van der Waals surface area contributed by atoms with Crippen LogP contribution in [0.4, 0.5) is 5.69 Å². The summed E-state index contributed by atoms with van der Waals surface area (Å²) in [6, 6.07) is 6.61. The summed E-state index contributed by atoms with van der Waals surface area (Å²) < 4.78 is 0. The number of hydrogen-bond donors (Lipinski definition) is 0. The molecule has 1 aromatic carbocycles. The van der Waals surface area contributed by atoms with Gasteiger partial charge in [0.1, 0.15) is 0 Å². The average molecular weight is 181 g/mol. The van der Waals surface area contributed by atoms with Gasteiger partial charge in [-0.05, 0) is 12.0 Å². The first kappa shape index (κ1) is 11.6. The second-order valence-corrected chi connectivity index (χ2v) is 2.28. The Morgan fingerprint density at radius 3 is 2.00 bits per heavy atom. The molecule has 0 unspecified atom stereocenters. The SMILES string of the molecule is CC.CCc1ccc([N+](=O)[O-])cc1. The Morgan fingerprint density at radius 2 is 1.69 bits per heavy atom. The molecule has 0 saturated carbocycles. The number of hydrogen-bond acceptors (Lipinski definition) is 2. The second-order valence-electron chi connectivity index (χ2n) is 2.28. The van der Waals surface area contributed by atoms with E-state index in [1.165, 1.54) is 12.1 Å². The summed E-state index contributed by atoms with van der Waals surface area (Å²) in [4.78, 5) is 9.82. The van der Waals surface area contributed by atoms with Gasteiger partial charge < -0.3 is 0 Å². The molecule has 0 radical (unpaired) electrons. The molecule has 0 heterocycles. The van der Waals surface area contributed by atoms with Gasteiger partial charge in [0.05, 0.1) is 4.92 Å². The van der Waals surface area contributed by atoms with Crippen molar-refractivity contribution in [3.05, 3.63) is 39.9 Å². The van der Waals surface area contributed by atoms with Crippen LogP contribution in [0, 0.1) is 10.1 Å². The van der Waals surface area contributed by atoms with Crippen molar-refractivity contribution in [2.24, 2.45) is 0 Å². The van der Waals surface area contributed by atoms with Crippen LogP contribution in [-0.4, -0.2) is 4.92 Å². The molecule has 0 aromatic heterocycles. The molecule has 1 aromatic rings. The van der Waals surface area contributed by atoms with Crippen LogP contribution in [0.2, 0.25) is 0 Å². The van der Waals surface area contributed by atoms with Gasteiger partial charge in [0.25, 0.3) is 5.69 Å². The van der Waals surface area contributed by atoms with Crippen molar-refractivity contribution < 1.29 is 4.92 Å². The zero-order chi connectivity index (χ0) is 10.3. The van der Waals surface area contributed by atoms with Gasteiger partial charge in [-0.1, -0.05) is 32.9 Å². The maximum Gasteiger partial charge on any atom is 0.269 e. The molecule has 13 heavy (non-hydrogen) atoms. The lowest BCUT2D eigenvalue weighted by atomic mass is 10.2. The van der Waals surface area contributed by atoms with Crippen LogP contribution in [0.3, 0.4) is 0 Å². The fraction of sp³-hybridized carbons (Fsp3) is 0.400. The zero-order valence-electron chi connectivity index (χ0n) is 8.28. The van der Waals surface area contributed by atoms with Crippen LogP contribution in [0.15, 0.2) is 24.3 Å². The molecule has 0 aliphatic heterocycles. The van der Waals surface area contributed by atoms with E-state index in [9.17, 15) is 10.1 Å². The van der Waals surface area contributed by atoms with Crippen molar-refractivity contribution in [1.29, 1.82) is 0 Å². The first-order valence-corrected chi connectivity index (χ1v) is 4.47. The topological polar surface area (TPSA) is 43.1 Å². The molecule has 0 saturated heterocycles. The van der Waals surface area contributed by atoms with Gasteiger partial charge in [-0.3, -0.25) is 10.1 Å². The fourth-order valence-corrected chi connectivity index (χ4v) is 0.853. The van der Waals surface area contributed by atoms with Crippen LogP contribution in [-0.2, 0) is 6.42 Å². The first-order valence-electron chi connectivity index (χ1n) is 4.47. The zero-order valence-corrected chi connectivity index (χ0v) is 8.28. The molecule has 3 heteroatoms. The van der Waals surface area contributed by atoms with Gasteiger partial charge in [-0.15, -0.1) is 0 Å². The van der Waals surface area contributed by atoms with Crippen LogP contribution in [0.1, 0.15) is 26.3 Å². The molecule has 0 bridgehead atoms. The van der Waals surface area contributed by atoms with Gasteiger partial charge in [-0.25, -0.2) is 0 Å². The van der Waals surface area contributed by atoms with Crippen LogP contribution in [0.25, 0.3) is 0 Å². The van der Waals surface area contributed by atoms with Gasteiger partial charge in [0.15, 0.2) is 0 Å². The Balaban J connectivity index is 0.000000671. The Hall–Kier alpha value is -1.38. The summed E-state index contributed by atoms with van der Waals surface area (Å²) in [5, 5.41) is 10.2. The molecule has 72 valence electrons. The minimum absolute atomic E-state index is 0.155. The van der Waals surface area contributed by atoms with E-state index >= 15 is 0 Å². The van der Waals surface area contributed by atoms with E-state index in [1.807, 2.05) is 20.8 Å². The van der Waals surface area contributed by atoms with Crippen molar-refractivity contribution in [3.63, 3.8) is 0 Å². The summed E-state index contributed by atoms with van der Waals surface area (Å²) in [7, 11) is 0. The van der Waals surface area contributed by atoms with Gasteiger partial charge in [0.2, 0.25) is 0 Å². The summed E-state index contributed by atoms with van der Waals surface area (Å²) in [5.74, 6) is 0. The second kappa shape index (κ2) is 6.17. The highest BCUT2D eigenvalue weighted by atomic mass is 16.6. The molecular formula is C10H15NO2. The van der Waals surface area contributed by atoms with Gasteiger partial charge >= 0.3 is 0 Å². The van der Waals surface area contributed by atoms with Crippen molar-refractivity contribution in [3.8, 4) is 0 Å². The molecule has 0 atom stereocenters. The maximum atomic E-state index is 10.2. The smallest absolute Gasteiger partial charge is 0.258 e. The molecule has 0 spiro atoms. The maximum absolute atomic E-state index is 10.2. The summed E-state index contributed by atoms with van der Waals surface area (Å²) >= 11 is 0. The van der Waals surface area contributed by atoms with Crippen molar-refractivity contribution >= 4 is 5.69 Å². The van der Waals surface area contributed by atoms with Crippen LogP contribution in [0.5, 0.6) is 0 Å². The molecule has 0 aliphatic rings. The largest absolute Gasteiger partial charge is 0.269 e. The quantitative estimate of drug-likeness (QED) is 0.519. The summed E-state index contributed by atoms with van der Waals surface area (Å²) in [6.45, 7) is 6.02. The summed E-state index contributed by atoms with van der Waals surface area (Å²) in [5.41, 5.74) is 1.28. The minimum atomic E-state index is -0.389. The third-order valence-electron chi connectivity index (χ3n) is 1.56. The van der Waals surface area contributed by atoms with Crippen molar-refractivity contribution in [1.82, 2.24) is 0 Å². The van der Waals surface area contributed by atoms with Gasteiger partial charge in [0, 0.05) is 12.1 Å². The Kier molecular flexibility index (Phi) is 5.52. The Bertz CT molecular complexity index is 254. The molecular weight excluding hydrogens is 166 g/mol. The predicted octanol–water partition coefficient (Wildman–Crippen LogP) is 3.18.